The van der Waals surface area contributed by atoms with Gasteiger partial charge in [-0.3, -0.25) is 14.5 Å². The maximum atomic E-state index is 12.7. The number of morpholine rings is 1. The van der Waals surface area contributed by atoms with Gasteiger partial charge < -0.3 is 15.4 Å². The topological polar surface area (TPSA) is 70.7 Å². The van der Waals surface area contributed by atoms with Crippen LogP contribution >= 0.6 is 0 Å². The van der Waals surface area contributed by atoms with E-state index in [-0.39, 0.29) is 17.9 Å². The molecule has 1 heterocycles. The lowest BCUT2D eigenvalue weighted by Crippen LogP contribution is -2.53. The van der Waals surface area contributed by atoms with Crippen molar-refractivity contribution in [2.75, 3.05) is 38.2 Å². The molecule has 1 aromatic rings. The lowest BCUT2D eigenvalue weighted by Gasteiger charge is -2.39. The van der Waals surface area contributed by atoms with E-state index in [0.29, 0.717) is 31.0 Å². The Morgan fingerprint density at radius 2 is 2.00 bits per heavy atom. The molecule has 0 bridgehead atoms. The summed E-state index contributed by atoms with van der Waals surface area (Å²) in [4.78, 5) is 26.7. The minimum atomic E-state index is -0.239. The third-order valence-corrected chi connectivity index (χ3v) is 5.01. The molecule has 2 aliphatic rings. The average molecular weight is 345 g/mol. The Labute approximate surface area is 148 Å². The van der Waals surface area contributed by atoms with Gasteiger partial charge in [-0.25, -0.2) is 0 Å². The summed E-state index contributed by atoms with van der Waals surface area (Å²) in [7, 11) is 0. The van der Waals surface area contributed by atoms with Gasteiger partial charge in [0.2, 0.25) is 5.91 Å². The van der Waals surface area contributed by atoms with Crippen molar-refractivity contribution in [1.82, 2.24) is 10.2 Å². The van der Waals surface area contributed by atoms with Crippen molar-refractivity contribution >= 4 is 17.5 Å². The first-order chi connectivity index (χ1) is 12.2. The molecule has 0 radical (unpaired) electrons. The van der Waals surface area contributed by atoms with Gasteiger partial charge in [0.25, 0.3) is 5.91 Å². The minimum absolute atomic E-state index is 0.0372. The number of carbonyl (C=O) groups is 2. The van der Waals surface area contributed by atoms with E-state index in [1.54, 1.807) is 24.3 Å². The summed E-state index contributed by atoms with van der Waals surface area (Å²) < 4.78 is 5.53. The largest absolute Gasteiger partial charge is 0.378 e. The molecule has 0 aromatic heterocycles. The quantitative estimate of drug-likeness (QED) is 0.826. The summed E-state index contributed by atoms with van der Waals surface area (Å²) in [6, 6.07) is 6.75. The fourth-order valence-electron chi connectivity index (χ4n) is 3.30. The van der Waals surface area contributed by atoms with Crippen molar-refractivity contribution in [1.29, 1.82) is 0 Å². The van der Waals surface area contributed by atoms with Crippen molar-refractivity contribution in [2.24, 2.45) is 5.92 Å². The van der Waals surface area contributed by atoms with Crippen LogP contribution in [0.2, 0.25) is 0 Å². The van der Waals surface area contributed by atoms with Crippen LogP contribution in [0.5, 0.6) is 0 Å². The Bertz CT molecular complexity index is 598. The van der Waals surface area contributed by atoms with Crippen LogP contribution in [0.3, 0.4) is 0 Å². The van der Waals surface area contributed by atoms with Crippen LogP contribution in [0, 0.1) is 5.92 Å². The molecule has 1 unspecified atom stereocenters. The smallest absolute Gasteiger partial charge is 0.251 e. The zero-order valence-electron chi connectivity index (χ0n) is 14.8. The van der Waals surface area contributed by atoms with Gasteiger partial charge in [0, 0.05) is 30.9 Å². The van der Waals surface area contributed by atoms with Crippen molar-refractivity contribution in [3.05, 3.63) is 29.8 Å². The summed E-state index contributed by atoms with van der Waals surface area (Å²) in [6.45, 7) is 5.40. The Morgan fingerprint density at radius 3 is 2.64 bits per heavy atom. The monoisotopic (exact) mass is 345 g/mol. The van der Waals surface area contributed by atoms with Gasteiger partial charge in [0.1, 0.15) is 6.04 Å². The van der Waals surface area contributed by atoms with E-state index < -0.39 is 0 Å². The van der Waals surface area contributed by atoms with E-state index in [0.717, 1.165) is 19.0 Å². The number of benzene rings is 1. The van der Waals surface area contributed by atoms with Gasteiger partial charge in [-0.05, 0) is 49.9 Å². The van der Waals surface area contributed by atoms with E-state index in [1.807, 2.05) is 6.92 Å². The molecule has 136 valence electrons. The fraction of sp³-hybridized carbons (Fsp3) is 0.579. The summed E-state index contributed by atoms with van der Waals surface area (Å²) >= 11 is 0. The van der Waals surface area contributed by atoms with Gasteiger partial charge in [0.05, 0.1) is 13.2 Å². The normalized spacial score (nSPS) is 21.4. The van der Waals surface area contributed by atoms with Crippen LogP contribution in [-0.4, -0.2) is 55.6 Å². The molecule has 0 spiro atoms. The van der Waals surface area contributed by atoms with Gasteiger partial charge in [-0.2, -0.15) is 0 Å². The second-order valence-electron chi connectivity index (χ2n) is 6.81. The highest BCUT2D eigenvalue weighted by Gasteiger charge is 2.32. The molecule has 2 fully saturated rings. The van der Waals surface area contributed by atoms with Crippen LogP contribution in [0.1, 0.15) is 36.5 Å². The molecule has 2 N–H and O–H groups in total. The standard InChI is InChI=1S/C19H27N3O3/c1-2-20-18(23)15-6-8-16(9-7-15)21-19(24)17-13-25-11-10-22(17)12-14-4-3-5-14/h6-9,14,17H,2-5,10-13H2,1H3,(H,20,23)(H,21,24). The van der Waals surface area contributed by atoms with Crippen molar-refractivity contribution in [3.8, 4) is 0 Å². The lowest BCUT2D eigenvalue weighted by atomic mass is 9.84. The number of nitrogens with zero attached hydrogens (tertiary/aromatic N) is 1. The predicted octanol–water partition coefficient (Wildman–Crippen LogP) is 1.88. The average Bonchev–Trinajstić information content (AvgIpc) is 2.59. The van der Waals surface area contributed by atoms with Gasteiger partial charge in [-0.1, -0.05) is 6.42 Å². The zero-order valence-corrected chi connectivity index (χ0v) is 14.8. The van der Waals surface area contributed by atoms with Crippen molar-refractivity contribution in [3.63, 3.8) is 0 Å². The molecular formula is C19H27N3O3. The number of ether oxygens (including phenoxy) is 1. The maximum absolute atomic E-state index is 12.7. The molecular weight excluding hydrogens is 318 g/mol. The first-order valence-corrected chi connectivity index (χ1v) is 9.18. The molecule has 1 saturated heterocycles. The third kappa shape index (κ3) is 4.58. The Morgan fingerprint density at radius 1 is 1.24 bits per heavy atom. The molecule has 6 heteroatoms. The maximum Gasteiger partial charge on any atom is 0.251 e. The molecule has 1 atom stereocenters. The number of anilines is 1. The molecule has 3 rings (SSSR count). The number of hydrogen-bond donors (Lipinski definition) is 2. The molecule has 1 saturated carbocycles. The van der Waals surface area contributed by atoms with E-state index in [4.69, 9.17) is 4.74 Å². The molecule has 1 aromatic carbocycles. The summed E-state index contributed by atoms with van der Waals surface area (Å²) in [5, 5.41) is 5.72. The van der Waals surface area contributed by atoms with Crippen molar-refractivity contribution in [2.45, 2.75) is 32.2 Å². The second-order valence-corrected chi connectivity index (χ2v) is 6.81. The summed E-state index contributed by atoms with van der Waals surface area (Å²) in [5.74, 6) is 0.585. The van der Waals surface area contributed by atoms with E-state index in [9.17, 15) is 9.59 Å². The Balaban J connectivity index is 1.58. The molecule has 2 amide bonds. The van der Waals surface area contributed by atoms with Crippen LogP contribution < -0.4 is 10.6 Å². The highest BCUT2D eigenvalue weighted by molar-refractivity contribution is 5.97. The van der Waals surface area contributed by atoms with Crippen LogP contribution in [0.25, 0.3) is 0 Å². The number of rotatable bonds is 6. The van der Waals surface area contributed by atoms with Crippen LogP contribution in [-0.2, 0) is 9.53 Å². The summed E-state index contributed by atoms with van der Waals surface area (Å²) in [5.41, 5.74) is 1.29. The molecule has 1 aliphatic carbocycles. The highest BCUT2D eigenvalue weighted by atomic mass is 16.5. The van der Waals surface area contributed by atoms with Gasteiger partial charge >= 0.3 is 0 Å². The van der Waals surface area contributed by atoms with Crippen molar-refractivity contribution < 1.29 is 14.3 Å². The van der Waals surface area contributed by atoms with Gasteiger partial charge in [-0.15, -0.1) is 0 Å². The minimum Gasteiger partial charge on any atom is -0.378 e. The number of carbonyl (C=O) groups excluding carboxylic acids is 2. The predicted molar refractivity (Wildman–Crippen MR) is 96.6 cm³/mol. The molecule has 25 heavy (non-hydrogen) atoms. The first-order valence-electron chi connectivity index (χ1n) is 9.18. The van der Waals surface area contributed by atoms with Crippen LogP contribution in [0.4, 0.5) is 5.69 Å². The SMILES string of the molecule is CCNC(=O)c1ccc(NC(=O)C2COCCN2CC2CCC2)cc1. The Kier molecular flexibility index (Phi) is 6.04. The number of nitrogens with one attached hydrogen (secondary N) is 2. The summed E-state index contributed by atoms with van der Waals surface area (Å²) in [6.07, 6.45) is 3.85. The number of amides is 2. The Hall–Kier alpha value is -1.92. The first kappa shape index (κ1) is 17.9. The fourth-order valence-corrected chi connectivity index (χ4v) is 3.30. The molecule has 6 nitrogen and oxygen atoms in total. The number of hydrogen-bond acceptors (Lipinski definition) is 4. The second kappa shape index (κ2) is 8.45. The van der Waals surface area contributed by atoms with E-state index in [2.05, 4.69) is 15.5 Å². The third-order valence-electron chi connectivity index (χ3n) is 5.01. The van der Waals surface area contributed by atoms with E-state index >= 15 is 0 Å². The van der Waals surface area contributed by atoms with Gasteiger partial charge in [0.15, 0.2) is 0 Å². The zero-order chi connectivity index (χ0) is 17.6. The molecule has 1 aliphatic heterocycles. The van der Waals surface area contributed by atoms with E-state index in [1.165, 1.54) is 19.3 Å². The lowest BCUT2D eigenvalue weighted by molar-refractivity contribution is -0.128. The van der Waals surface area contributed by atoms with Crippen LogP contribution in [0.15, 0.2) is 24.3 Å². The highest BCUT2D eigenvalue weighted by Crippen LogP contribution is 2.28.